The Morgan fingerprint density at radius 3 is 2.69 bits per heavy atom. The van der Waals surface area contributed by atoms with Crippen LogP contribution < -0.4 is 4.90 Å². The maximum atomic E-state index is 13.3. The monoisotopic (exact) mass is 470 g/mol. The number of phenols is 2. The van der Waals surface area contributed by atoms with Crippen molar-refractivity contribution in [2.24, 2.45) is 0 Å². The average molecular weight is 471 g/mol. The number of aromatic amines is 1. The third kappa shape index (κ3) is 4.19. The first-order valence-electron chi connectivity index (χ1n) is 11.5. The molecule has 35 heavy (non-hydrogen) atoms. The maximum absolute atomic E-state index is 13.3. The number of carbonyl (C=O) groups excluding carboxylic acids is 2. The van der Waals surface area contributed by atoms with Crippen LogP contribution in [0.5, 0.6) is 11.5 Å². The topological polar surface area (TPSA) is 110 Å². The quantitative estimate of drug-likeness (QED) is 0.414. The van der Waals surface area contributed by atoms with Gasteiger partial charge < -0.3 is 25.0 Å². The van der Waals surface area contributed by atoms with Crippen LogP contribution >= 0.6 is 0 Å². The predicted octanol–water partition coefficient (Wildman–Crippen LogP) is 4.23. The largest absolute Gasteiger partial charge is 0.508 e. The Labute approximate surface area is 202 Å². The molecule has 0 saturated heterocycles. The highest BCUT2D eigenvalue weighted by Crippen LogP contribution is 2.35. The van der Waals surface area contributed by atoms with Crippen molar-refractivity contribution in [3.63, 3.8) is 0 Å². The zero-order valence-corrected chi connectivity index (χ0v) is 19.5. The van der Waals surface area contributed by atoms with E-state index < -0.39 is 0 Å². The molecule has 1 aliphatic rings. The number of H-pyrrole nitrogens is 1. The number of aryl methyl sites for hydroxylation is 1. The highest BCUT2D eigenvalue weighted by atomic mass is 16.3. The zero-order chi connectivity index (χ0) is 24.7. The van der Waals surface area contributed by atoms with Crippen molar-refractivity contribution in [1.82, 2.24) is 14.9 Å². The second kappa shape index (κ2) is 8.79. The number of para-hydroxylation sites is 2. The van der Waals surface area contributed by atoms with Crippen molar-refractivity contribution in [3.05, 3.63) is 83.2 Å². The van der Waals surface area contributed by atoms with Gasteiger partial charge in [-0.25, -0.2) is 4.98 Å². The van der Waals surface area contributed by atoms with E-state index in [1.165, 1.54) is 12.1 Å². The lowest BCUT2D eigenvalue weighted by atomic mass is 9.93. The van der Waals surface area contributed by atoms with E-state index >= 15 is 0 Å². The van der Waals surface area contributed by atoms with Crippen LogP contribution in [0.1, 0.15) is 45.4 Å². The van der Waals surface area contributed by atoms with Gasteiger partial charge in [0.15, 0.2) is 0 Å². The molecule has 4 aromatic rings. The summed E-state index contributed by atoms with van der Waals surface area (Å²) in [5, 5.41) is 19.8. The van der Waals surface area contributed by atoms with E-state index in [1.807, 2.05) is 37.3 Å². The summed E-state index contributed by atoms with van der Waals surface area (Å²) in [6.07, 6.45) is 1.46. The molecule has 178 valence electrons. The van der Waals surface area contributed by atoms with E-state index in [4.69, 9.17) is 0 Å². The number of amides is 2. The number of nitrogens with one attached hydrogen (secondary N) is 1. The van der Waals surface area contributed by atoms with Crippen molar-refractivity contribution >= 4 is 28.5 Å². The number of carbonyl (C=O) groups is 2. The molecule has 1 aliphatic heterocycles. The number of fused-ring (bicyclic) bond motifs is 2. The minimum Gasteiger partial charge on any atom is -0.508 e. The van der Waals surface area contributed by atoms with Crippen LogP contribution in [0.3, 0.4) is 0 Å². The molecule has 8 heteroatoms. The van der Waals surface area contributed by atoms with Crippen molar-refractivity contribution in [1.29, 1.82) is 0 Å². The minimum atomic E-state index is -0.350. The fraction of sp³-hybridized carbons (Fsp3) is 0.222. The molecule has 1 atom stereocenters. The normalized spacial score (nSPS) is 15.1. The first kappa shape index (κ1) is 22.5. The van der Waals surface area contributed by atoms with Crippen LogP contribution in [0.2, 0.25) is 0 Å². The van der Waals surface area contributed by atoms with Crippen molar-refractivity contribution in [2.45, 2.75) is 32.4 Å². The first-order chi connectivity index (χ1) is 16.8. The number of imidazole rings is 1. The molecule has 0 radical (unpaired) electrons. The molecule has 1 unspecified atom stereocenters. The molecule has 2 amide bonds. The first-order valence-corrected chi connectivity index (χ1v) is 11.5. The van der Waals surface area contributed by atoms with Crippen LogP contribution in [0, 0.1) is 0 Å². The highest BCUT2D eigenvalue weighted by Gasteiger charge is 2.31. The molecule has 0 fully saturated rings. The second-order valence-electron chi connectivity index (χ2n) is 8.97. The number of rotatable bonds is 4. The Balaban J connectivity index is 1.39. The third-order valence-corrected chi connectivity index (χ3v) is 6.46. The third-order valence-electron chi connectivity index (χ3n) is 6.46. The second-order valence-corrected chi connectivity index (χ2v) is 8.97. The smallest absolute Gasteiger partial charge is 0.262 e. The Morgan fingerprint density at radius 2 is 1.91 bits per heavy atom. The summed E-state index contributed by atoms with van der Waals surface area (Å²) in [5.41, 5.74) is 4.06. The predicted molar refractivity (Wildman–Crippen MR) is 133 cm³/mol. The van der Waals surface area contributed by atoms with Crippen LogP contribution in [0.25, 0.3) is 11.0 Å². The summed E-state index contributed by atoms with van der Waals surface area (Å²) in [7, 11) is 1.74. The summed E-state index contributed by atoms with van der Waals surface area (Å²) in [5.74, 6) is -0.160. The fourth-order valence-corrected chi connectivity index (χ4v) is 4.62. The van der Waals surface area contributed by atoms with E-state index in [0.29, 0.717) is 17.9 Å². The minimum absolute atomic E-state index is 0.0829. The molecule has 0 saturated carbocycles. The molecular formula is C27H26N4O4. The van der Waals surface area contributed by atoms with Crippen LogP contribution in [-0.2, 0) is 13.0 Å². The SMILES string of the molecule is CC1CCc2cc(C(=O)N(C)Cc3nc4ccccc4[nH]3)ccc2N1C(=O)c1ccc(O)cc1O. The molecule has 0 aliphatic carbocycles. The van der Waals surface area contributed by atoms with E-state index in [9.17, 15) is 19.8 Å². The molecule has 5 rings (SSSR count). The highest BCUT2D eigenvalue weighted by molar-refractivity contribution is 6.09. The van der Waals surface area contributed by atoms with Crippen molar-refractivity contribution in [3.8, 4) is 11.5 Å². The number of nitrogens with zero attached hydrogens (tertiary/aromatic N) is 3. The number of phenolic OH excluding ortho intramolecular Hbond substituents is 2. The van der Waals surface area contributed by atoms with Crippen LogP contribution in [0.4, 0.5) is 5.69 Å². The Kier molecular flexibility index (Phi) is 5.64. The average Bonchev–Trinajstić information content (AvgIpc) is 3.25. The maximum Gasteiger partial charge on any atom is 0.262 e. The molecule has 8 nitrogen and oxygen atoms in total. The van der Waals surface area contributed by atoms with E-state index in [-0.39, 0.29) is 34.9 Å². The van der Waals surface area contributed by atoms with Crippen LogP contribution in [0.15, 0.2) is 60.7 Å². The van der Waals surface area contributed by atoms with Gasteiger partial charge in [0.2, 0.25) is 0 Å². The number of hydrogen-bond donors (Lipinski definition) is 3. The molecule has 0 spiro atoms. The Bertz CT molecular complexity index is 1410. The van der Waals surface area contributed by atoms with Crippen molar-refractivity contribution < 1.29 is 19.8 Å². The van der Waals surface area contributed by atoms with Gasteiger partial charge in [-0.05, 0) is 67.8 Å². The van der Waals surface area contributed by atoms with Gasteiger partial charge >= 0.3 is 0 Å². The molecule has 2 heterocycles. The summed E-state index contributed by atoms with van der Waals surface area (Å²) in [6, 6.07) is 17.0. The van der Waals surface area contributed by atoms with Gasteiger partial charge in [-0.3, -0.25) is 9.59 Å². The molecular weight excluding hydrogens is 444 g/mol. The van der Waals surface area contributed by atoms with Crippen LogP contribution in [-0.4, -0.2) is 50.0 Å². The Morgan fingerprint density at radius 1 is 1.11 bits per heavy atom. The van der Waals surface area contributed by atoms with Gasteiger partial charge in [-0.1, -0.05) is 12.1 Å². The van der Waals surface area contributed by atoms with Crippen molar-refractivity contribution in [2.75, 3.05) is 11.9 Å². The molecule has 3 N–H and O–H groups in total. The number of aromatic hydroxyl groups is 2. The summed E-state index contributed by atoms with van der Waals surface area (Å²) in [6.45, 7) is 2.30. The summed E-state index contributed by atoms with van der Waals surface area (Å²) in [4.78, 5) is 37.5. The number of hydrogen-bond acceptors (Lipinski definition) is 5. The van der Waals surface area contributed by atoms with Gasteiger partial charge in [0, 0.05) is 30.4 Å². The number of aromatic nitrogens is 2. The van der Waals surface area contributed by atoms with E-state index in [1.54, 1.807) is 29.0 Å². The Hall–Kier alpha value is -4.33. The number of benzene rings is 3. The standard InChI is InChI=1S/C27H26N4O4/c1-16-7-8-17-13-18(26(34)30(2)15-25-28-21-5-3-4-6-22(21)29-25)9-12-23(17)31(16)27(35)20-11-10-19(32)14-24(20)33/h3-6,9-14,16,32-33H,7-8,15H2,1-2H3,(H,28,29). The van der Waals surface area contributed by atoms with Gasteiger partial charge in [-0.2, -0.15) is 0 Å². The van der Waals surface area contributed by atoms with Gasteiger partial charge in [0.25, 0.3) is 11.8 Å². The lowest BCUT2D eigenvalue weighted by Gasteiger charge is -2.35. The van der Waals surface area contributed by atoms with Gasteiger partial charge in [0.1, 0.15) is 17.3 Å². The van der Waals surface area contributed by atoms with E-state index in [2.05, 4.69) is 9.97 Å². The fourth-order valence-electron chi connectivity index (χ4n) is 4.62. The van der Waals surface area contributed by atoms with E-state index in [0.717, 1.165) is 41.2 Å². The molecule has 1 aromatic heterocycles. The molecule has 3 aromatic carbocycles. The lowest BCUT2D eigenvalue weighted by Crippen LogP contribution is -2.42. The number of anilines is 1. The summed E-state index contributed by atoms with van der Waals surface area (Å²) >= 11 is 0. The lowest BCUT2D eigenvalue weighted by molar-refractivity contribution is 0.0781. The zero-order valence-electron chi connectivity index (χ0n) is 19.5. The summed E-state index contributed by atoms with van der Waals surface area (Å²) < 4.78 is 0. The van der Waals surface area contributed by atoms with Gasteiger partial charge in [0.05, 0.1) is 23.1 Å². The van der Waals surface area contributed by atoms with Gasteiger partial charge in [-0.15, -0.1) is 0 Å². The molecule has 0 bridgehead atoms.